The second-order valence-corrected chi connectivity index (χ2v) is 23.1. The third-order valence-corrected chi connectivity index (χ3v) is 17.0. The van der Waals surface area contributed by atoms with Gasteiger partial charge in [-0.25, -0.2) is 9.59 Å². The first-order chi connectivity index (χ1) is 40.1. The van der Waals surface area contributed by atoms with E-state index in [-0.39, 0.29) is 142 Å². The molecule has 6 rings (SSSR count). The molecule has 0 aliphatic carbocycles. The van der Waals surface area contributed by atoms with Gasteiger partial charge in [-0.1, -0.05) is 19.8 Å². The number of fused-ring (bicyclic) bond motifs is 2. The zero-order valence-corrected chi connectivity index (χ0v) is 52.0. The van der Waals surface area contributed by atoms with Gasteiger partial charge in [0.2, 0.25) is 23.6 Å². The second kappa shape index (κ2) is 39.3. The Morgan fingerprint density at radius 2 is 0.917 bits per heavy atom. The Bertz CT molecular complexity index is 2540. The Kier molecular flexibility index (Phi) is 33.3. The van der Waals surface area contributed by atoms with E-state index in [0.717, 1.165) is 50.0 Å². The first kappa shape index (κ1) is 71.1. The molecule has 2 aromatic rings. The zero-order valence-electron chi connectivity index (χ0n) is 47.6. The summed E-state index contributed by atoms with van der Waals surface area (Å²) in [6.07, 6.45) is 8.62. The minimum atomic E-state index is -0.546. The average Bonchev–Trinajstić information content (AvgIpc) is 3.57. The van der Waals surface area contributed by atoms with Crippen LogP contribution in [0.5, 0.6) is 0 Å². The SMILES string of the molecule is CCC(=O)Nc1cc(C(=O)NCCCN)cc(C(=O)NCCCNC(=O)CCCCC2SCC3NC(=O)NC32)c1.NCCCNC(=O)c1cc(NC(=O)CSOO[O-])cc(C(=O)NCCCNC(=O)CCCCC2SCC3NC(=O)NC32)c1.[Na+]. The summed E-state index contributed by atoms with van der Waals surface area (Å²) in [5, 5.41) is 47.7. The number of thioether (sulfide) groups is 2. The fourth-order valence-corrected chi connectivity index (χ4v) is 12.6. The molecule has 0 saturated carbocycles. The molecule has 4 aliphatic heterocycles. The van der Waals surface area contributed by atoms with Crippen molar-refractivity contribution < 1.29 is 92.1 Å². The first-order valence-electron chi connectivity index (χ1n) is 28.0. The number of nitrogens with one attached hydrogen (secondary N) is 12. The molecule has 84 heavy (non-hydrogen) atoms. The van der Waals surface area contributed by atoms with Crippen molar-refractivity contribution in [3.8, 4) is 0 Å². The summed E-state index contributed by atoms with van der Waals surface area (Å²) < 4.78 is 4.08. The van der Waals surface area contributed by atoms with Crippen LogP contribution in [0.1, 0.15) is 132 Å². The van der Waals surface area contributed by atoms with Crippen molar-refractivity contribution in [2.45, 2.75) is 125 Å². The van der Waals surface area contributed by atoms with E-state index in [0.29, 0.717) is 113 Å². The zero-order chi connectivity index (χ0) is 59.9. The number of benzene rings is 2. The van der Waals surface area contributed by atoms with Crippen LogP contribution < -0.4 is 110 Å². The molecule has 0 bridgehead atoms. The van der Waals surface area contributed by atoms with E-state index in [4.69, 9.17) is 11.5 Å². The normalized spacial score (nSPS) is 18.8. The Balaban J connectivity index is 0.000000357. The van der Waals surface area contributed by atoms with E-state index in [1.165, 1.54) is 36.4 Å². The summed E-state index contributed by atoms with van der Waals surface area (Å²) in [7, 11) is 0. The average molecular weight is 1240 g/mol. The molecule has 458 valence electrons. The minimum Gasteiger partial charge on any atom is -0.691 e. The smallest absolute Gasteiger partial charge is 0.691 e. The van der Waals surface area contributed by atoms with E-state index in [1.54, 1.807) is 6.92 Å². The molecule has 16 N–H and O–H groups in total. The minimum absolute atomic E-state index is 0. The molecular formula is C53H79N14NaO13S3. The summed E-state index contributed by atoms with van der Waals surface area (Å²) in [6.45, 7) is 4.75. The van der Waals surface area contributed by atoms with E-state index >= 15 is 0 Å². The van der Waals surface area contributed by atoms with Crippen molar-refractivity contribution in [2.24, 2.45) is 11.5 Å². The van der Waals surface area contributed by atoms with Gasteiger partial charge in [0, 0.05) is 126 Å². The predicted molar refractivity (Wildman–Crippen MR) is 315 cm³/mol. The van der Waals surface area contributed by atoms with E-state index in [9.17, 15) is 53.2 Å². The van der Waals surface area contributed by atoms with E-state index in [2.05, 4.69) is 73.2 Å². The Morgan fingerprint density at radius 3 is 1.30 bits per heavy atom. The predicted octanol–water partition coefficient (Wildman–Crippen LogP) is -2.38. The van der Waals surface area contributed by atoms with Gasteiger partial charge >= 0.3 is 41.6 Å². The molecule has 4 aliphatic rings. The largest absolute Gasteiger partial charge is 1.00 e. The van der Waals surface area contributed by atoms with Crippen molar-refractivity contribution in [1.82, 2.24) is 53.2 Å². The number of amides is 12. The van der Waals surface area contributed by atoms with E-state index in [1.807, 2.05) is 23.5 Å². The second-order valence-electron chi connectivity index (χ2n) is 19.9. The summed E-state index contributed by atoms with van der Waals surface area (Å²) in [5.41, 5.74) is 12.3. The molecule has 12 amide bonds. The number of carbonyl (C=O) groups excluding carboxylic acids is 10. The Labute approximate surface area is 523 Å². The number of hydrogen-bond acceptors (Lipinski definition) is 18. The molecule has 0 aromatic heterocycles. The summed E-state index contributed by atoms with van der Waals surface area (Å²) >= 11 is 4.21. The van der Waals surface area contributed by atoms with Crippen LogP contribution in [-0.4, -0.2) is 164 Å². The van der Waals surface area contributed by atoms with Gasteiger partial charge in [-0.15, -0.1) is 0 Å². The number of rotatable bonds is 35. The van der Waals surface area contributed by atoms with Gasteiger partial charge in [0.15, 0.2) is 0 Å². The van der Waals surface area contributed by atoms with Gasteiger partial charge < -0.3 is 80.5 Å². The molecule has 0 spiro atoms. The quantitative estimate of drug-likeness (QED) is 0.00856. The number of carbonyl (C=O) groups is 10. The number of unbranched alkanes of at least 4 members (excludes halogenated alkanes) is 2. The number of hydrogen-bond donors (Lipinski definition) is 14. The van der Waals surface area contributed by atoms with E-state index < -0.39 is 17.7 Å². The van der Waals surface area contributed by atoms with Crippen LogP contribution in [-0.2, 0) is 28.6 Å². The van der Waals surface area contributed by atoms with Crippen LogP contribution in [0.15, 0.2) is 36.4 Å². The third kappa shape index (κ3) is 25.3. The van der Waals surface area contributed by atoms with Crippen molar-refractivity contribution in [3.63, 3.8) is 0 Å². The van der Waals surface area contributed by atoms with Crippen molar-refractivity contribution in [3.05, 3.63) is 58.7 Å². The van der Waals surface area contributed by atoms with Crippen LogP contribution in [0.3, 0.4) is 0 Å². The summed E-state index contributed by atoms with van der Waals surface area (Å²) in [4.78, 5) is 122. The monoisotopic (exact) mass is 1240 g/mol. The maximum Gasteiger partial charge on any atom is 1.00 e. The van der Waals surface area contributed by atoms with Crippen molar-refractivity contribution in [2.75, 3.05) is 80.3 Å². The van der Waals surface area contributed by atoms with Crippen molar-refractivity contribution in [1.29, 1.82) is 0 Å². The number of nitrogens with two attached hydrogens (primary N) is 2. The summed E-state index contributed by atoms with van der Waals surface area (Å²) in [5.74, 6) is -0.913. The first-order valence-corrected chi connectivity index (χ1v) is 31.0. The molecule has 0 radical (unpaired) electrons. The number of anilines is 2. The standard InChI is InChI=1S/C27H41N7O5S.C26H39N7O8S2.Na/c1-2-22(35)32-19-14-17(25(37)30-10-5-9-28)13-18(15-19)26(38)31-12-6-11-29-23(36)8-4-3-7-21-24-20(16-40-21)33-27(39)34-24;27-7-3-8-29-24(36)16-11-17(13-18(12-16)31-22(35)15-43-41-40-39)25(37)30-10-4-9-28-21(34)6-2-1-5-20-23-19(14-42-20)32-26(38)33-23;/h13-15,20-21,24H,2-12,16,28H2,1H3,(H,29,36)(H,30,37)(H,31,38)(H,32,35)(H2,33,34,39);11-13,19-20,23,39H,1-10,14-15,27H2,(H,28,34)(H,29,36)(H,30,37)(H,31,35)(H2,32,33,38);/q;;+1/p-1. The van der Waals surface area contributed by atoms with Crippen LogP contribution in [0.2, 0.25) is 0 Å². The summed E-state index contributed by atoms with van der Waals surface area (Å²) in [6, 6.07) is 9.37. The van der Waals surface area contributed by atoms with Gasteiger partial charge in [0.1, 0.15) is 5.75 Å². The molecule has 6 atom stereocenters. The Morgan fingerprint density at radius 1 is 0.536 bits per heavy atom. The fraction of sp³-hybridized carbons (Fsp3) is 0.585. The third-order valence-electron chi connectivity index (χ3n) is 13.5. The van der Waals surface area contributed by atoms with Crippen molar-refractivity contribution >= 4 is 106 Å². The van der Waals surface area contributed by atoms with Gasteiger partial charge in [-0.2, -0.15) is 27.9 Å². The van der Waals surface area contributed by atoms with Gasteiger partial charge in [0.05, 0.1) is 24.2 Å². The molecular weight excluding hydrogens is 1160 g/mol. The van der Waals surface area contributed by atoms with Gasteiger partial charge in [-0.05, 0) is 101 Å². The number of urea groups is 2. The van der Waals surface area contributed by atoms with Gasteiger partial charge in [-0.3, -0.25) is 43.4 Å². The molecule has 4 heterocycles. The van der Waals surface area contributed by atoms with Crippen LogP contribution in [0.25, 0.3) is 0 Å². The fourth-order valence-electron chi connectivity index (χ4n) is 9.24. The molecule has 4 saturated heterocycles. The molecule has 31 heteroatoms. The van der Waals surface area contributed by atoms with Crippen LogP contribution >= 0.6 is 35.6 Å². The Hall–Kier alpha value is -5.41. The maximum absolute atomic E-state index is 12.8. The molecule has 27 nitrogen and oxygen atoms in total. The maximum atomic E-state index is 12.8. The van der Waals surface area contributed by atoms with Crippen LogP contribution in [0.4, 0.5) is 21.0 Å². The molecule has 4 fully saturated rings. The topological polar surface area (TPSA) is 409 Å². The molecule has 6 unspecified atom stereocenters. The molecule has 2 aromatic carbocycles. The van der Waals surface area contributed by atoms with Crippen LogP contribution in [0, 0.1) is 0 Å². The van der Waals surface area contributed by atoms with Gasteiger partial charge in [0.25, 0.3) is 23.6 Å².